The summed E-state index contributed by atoms with van der Waals surface area (Å²) in [5.41, 5.74) is 11.1. The van der Waals surface area contributed by atoms with Gasteiger partial charge in [-0.3, -0.25) is 0 Å². The van der Waals surface area contributed by atoms with Gasteiger partial charge in [-0.1, -0.05) is 75.2 Å². The van der Waals surface area contributed by atoms with Crippen LogP contribution in [0.15, 0.2) is 85.8 Å². The second kappa shape index (κ2) is 8.22. The molecule has 5 heteroatoms. The first kappa shape index (κ1) is 20.0. The monoisotopic (exact) mass is 510 g/mol. The summed E-state index contributed by atoms with van der Waals surface area (Å²) < 4.78 is 8.08. The highest BCUT2D eigenvalue weighted by Crippen LogP contribution is 2.49. The molecule has 0 radical (unpaired) electrons. The van der Waals surface area contributed by atoms with Crippen LogP contribution < -0.4 is 5.73 Å². The van der Waals surface area contributed by atoms with Crippen molar-refractivity contribution < 1.29 is 4.74 Å². The summed E-state index contributed by atoms with van der Waals surface area (Å²) >= 11 is 7.29. The fourth-order valence-electron chi connectivity index (χ4n) is 4.15. The lowest BCUT2D eigenvalue weighted by Gasteiger charge is -2.36. The summed E-state index contributed by atoms with van der Waals surface area (Å²) in [5, 5.41) is 9.85. The van der Waals surface area contributed by atoms with Crippen LogP contribution >= 0.6 is 31.9 Å². The molecule has 2 aromatic carbocycles. The molecule has 1 aliphatic heterocycles. The van der Waals surface area contributed by atoms with E-state index in [4.69, 9.17) is 10.5 Å². The lowest BCUT2D eigenvalue weighted by Crippen LogP contribution is -2.26. The van der Waals surface area contributed by atoms with Crippen molar-refractivity contribution in [2.24, 2.45) is 11.7 Å². The zero-order valence-corrected chi connectivity index (χ0v) is 19.1. The number of hydrogen-bond acceptors (Lipinski definition) is 3. The smallest absolute Gasteiger partial charge is 0.205 e. The standard InChI is InChI=1S/C24H20Br2N2O/c1-14-10-16(12-15-6-2-4-8-20(15)25)23-18(11-14)22(19(13-27)24(28)29-23)17-7-3-5-9-21(17)26/h2-9,12,14,22H,10-11,28H2,1H3/b16-12+/t14-,22+/m0/s1. The number of ether oxygens (including phenoxy) is 1. The van der Waals surface area contributed by atoms with Gasteiger partial charge in [0.2, 0.25) is 5.88 Å². The fourth-order valence-corrected chi connectivity index (χ4v) is 5.07. The normalized spacial score (nSPS) is 22.9. The second-order valence-electron chi connectivity index (χ2n) is 7.51. The molecular formula is C24H20Br2N2O. The first-order chi connectivity index (χ1) is 14.0. The van der Waals surface area contributed by atoms with E-state index in [0.29, 0.717) is 11.5 Å². The first-order valence-corrected chi connectivity index (χ1v) is 11.1. The lowest BCUT2D eigenvalue weighted by atomic mass is 9.74. The molecule has 146 valence electrons. The number of hydrogen-bond donors (Lipinski definition) is 1. The molecule has 1 heterocycles. The van der Waals surface area contributed by atoms with E-state index in [2.05, 4.69) is 57.0 Å². The van der Waals surface area contributed by atoms with Crippen molar-refractivity contribution in [1.82, 2.24) is 0 Å². The Balaban J connectivity index is 1.91. The van der Waals surface area contributed by atoms with Gasteiger partial charge in [-0.25, -0.2) is 0 Å². The number of nitriles is 1. The van der Waals surface area contributed by atoms with E-state index in [0.717, 1.165) is 49.8 Å². The van der Waals surface area contributed by atoms with Crippen LogP contribution in [0.2, 0.25) is 0 Å². The number of allylic oxidation sites excluding steroid dienone is 3. The molecule has 2 atom stereocenters. The predicted octanol–water partition coefficient (Wildman–Crippen LogP) is 6.79. The van der Waals surface area contributed by atoms with Gasteiger partial charge in [0.1, 0.15) is 17.4 Å². The molecule has 0 bridgehead atoms. The van der Waals surface area contributed by atoms with Crippen molar-refractivity contribution in [3.05, 3.63) is 97.0 Å². The quantitative estimate of drug-likeness (QED) is 0.483. The van der Waals surface area contributed by atoms with Crippen molar-refractivity contribution in [3.63, 3.8) is 0 Å². The Kier molecular flexibility index (Phi) is 5.67. The molecule has 2 aromatic rings. The summed E-state index contributed by atoms with van der Waals surface area (Å²) in [6, 6.07) is 18.4. The minimum atomic E-state index is -0.204. The number of benzene rings is 2. The Morgan fingerprint density at radius 3 is 2.45 bits per heavy atom. The van der Waals surface area contributed by atoms with Crippen LogP contribution in [0, 0.1) is 17.2 Å². The molecular weight excluding hydrogens is 492 g/mol. The average molecular weight is 512 g/mol. The van der Waals surface area contributed by atoms with E-state index in [9.17, 15) is 5.26 Å². The molecule has 3 nitrogen and oxygen atoms in total. The largest absolute Gasteiger partial charge is 0.440 e. The first-order valence-electron chi connectivity index (χ1n) is 9.50. The molecule has 2 aliphatic rings. The lowest BCUT2D eigenvalue weighted by molar-refractivity contribution is 0.268. The molecule has 2 N–H and O–H groups in total. The van der Waals surface area contributed by atoms with Crippen molar-refractivity contribution in [3.8, 4) is 6.07 Å². The highest BCUT2D eigenvalue weighted by molar-refractivity contribution is 9.10. The molecule has 0 unspecified atom stereocenters. The predicted molar refractivity (Wildman–Crippen MR) is 122 cm³/mol. The molecule has 4 rings (SSSR count). The van der Waals surface area contributed by atoms with Gasteiger partial charge in [-0.2, -0.15) is 5.26 Å². The molecule has 0 amide bonds. The summed E-state index contributed by atoms with van der Waals surface area (Å²) in [4.78, 5) is 0. The Morgan fingerprint density at radius 2 is 1.76 bits per heavy atom. The van der Waals surface area contributed by atoms with Crippen LogP contribution in [0.4, 0.5) is 0 Å². The number of nitrogens with zero attached hydrogens (tertiary/aromatic N) is 1. The van der Waals surface area contributed by atoms with E-state index in [-0.39, 0.29) is 11.8 Å². The van der Waals surface area contributed by atoms with Gasteiger partial charge >= 0.3 is 0 Å². The summed E-state index contributed by atoms with van der Waals surface area (Å²) in [7, 11) is 0. The molecule has 29 heavy (non-hydrogen) atoms. The second-order valence-corrected chi connectivity index (χ2v) is 9.21. The van der Waals surface area contributed by atoms with Crippen molar-refractivity contribution in [1.29, 1.82) is 5.26 Å². The van der Waals surface area contributed by atoms with E-state index < -0.39 is 0 Å². The third kappa shape index (κ3) is 3.80. The Labute approximate surface area is 187 Å². The maximum Gasteiger partial charge on any atom is 0.205 e. The van der Waals surface area contributed by atoms with Gasteiger partial charge in [0, 0.05) is 8.95 Å². The van der Waals surface area contributed by atoms with Crippen molar-refractivity contribution in [2.75, 3.05) is 0 Å². The van der Waals surface area contributed by atoms with Gasteiger partial charge in [0.05, 0.1) is 5.92 Å². The fraction of sp³-hybridized carbons (Fsp3) is 0.208. The molecule has 0 saturated heterocycles. The third-order valence-corrected chi connectivity index (χ3v) is 6.85. The van der Waals surface area contributed by atoms with Gasteiger partial charge in [0.25, 0.3) is 0 Å². The van der Waals surface area contributed by atoms with E-state index >= 15 is 0 Å². The summed E-state index contributed by atoms with van der Waals surface area (Å²) in [6.07, 6.45) is 3.93. The number of halogens is 2. The maximum atomic E-state index is 9.85. The van der Waals surface area contributed by atoms with Gasteiger partial charge in [0.15, 0.2) is 0 Å². The van der Waals surface area contributed by atoms with Crippen molar-refractivity contribution in [2.45, 2.75) is 25.7 Å². The van der Waals surface area contributed by atoms with Crippen LogP contribution in [-0.2, 0) is 4.74 Å². The van der Waals surface area contributed by atoms with E-state index in [1.807, 2.05) is 42.5 Å². The van der Waals surface area contributed by atoms with E-state index in [1.54, 1.807) is 0 Å². The van der Waals surface area contributed by atoms with Crippen LogP contribution in [0.25, 0.3) is 6.08 Å². The summed E-state index contributed by atoms with van der Waals surface area (Å²) in [5.74, 6) is 1.25. The molecule has 0 fully saturated rings. The highest BCUT2D eigenvalue weighted by atomic mass is 79.9. The molecule has 0 aromatic heterocycles. The van der Waals surface area contributed by atoms with Crippen molar-refractivity contribution >= 4 is 37.9 Å². The topological polar surface area (TPSA) is 59.0 Å². The van der Waals surface area contributed by atoms with Gasteiger partial charge in [-0.05, 0) is 59.2 Å². The van der Waals surface area contributed by atoms with Crippen LogP contribution in [0.1, 0.15) is 36.8 Å². The Morgan fingerprint density at radius 1 is 1.07 bits per heavy atom. The van der Waals surface area contributed by atoms with Crippen LogP contribution in [0.5, 0.6) is 0 Å². The molecule has 0 spiro atoms. The number of rotatable bonds is 2. The average Bonchev–Trinajstić information content (AvgIpc) is 2.70. The minimum absolute atomic E-state index is 0.194. The Bertz CT molecular complexity index is 1110. The maximum absolute atomic E-state index is 9.85. The minimum Gasteiger partial charge on any atom is -0.440 e. The summed E-state index contributed by atoms with van der Waals surface area (Å²) in [6.45, 7) is 2.24. The van der Waals surface area contributed by atoms with Crippen LogP contribution in [-0.4, -0.2) is 0 Å². The van der Waals surface area contributed by atoms with Gasteiger partial charge < -0.3 is 10.5 Å². The van der Waals surface area contributed by atoms with Gasteiger partial charge in [-0.15, -0.1) is 0 Å². The third-order valence-electron chi connectivity index (χ3n) is 5.41. The molecule has 0 saturated carbocycles. The zero-order valence-electron chi connectivity index (χ0n) is 16.0. The molecule has 1 aliphatic carbocycles. The van der Waals surface area contributed by atoms with E-state index in [1.165, 1.54) is 0 Å². The Hall–Kier alpha value is -2.29. The van der Waals surface area contributed by atoms with Crippen LogP contribution in [0.3, 0.4) is 0 Å². The highest BCUT2D eigenvalue weighted by Gasteiger charge is 2.38. The SMILES string of the molecule is C[C@@H]1CC2=C(OC(N)=C(C#N)[C@@H]2c2ccccc2Br)/C(=C/c2ccccc2Br)C1. The zero-order chi connectivity index (χ0) is 20.5. The number of nitrogens with two attached hydrogens (primary N) is 1.